The Labute approximate surface area is 129 Å². The lowest BCUT2D eigenvalue weighted by molar-refractivity contribution is -0.952. The van der Waals surface area contributed by atoms with Gasteiger partial charge in [-0.05, 0) is 57.2 Å². The quantitative estimate of drug-likeness (QED) is 0.817. The summed E-state index contributed by atoms with van der Waals surface area (Å²) in [5.74, 6) is 0.871. The van der Waals surface area contributed by atoms with Gasteiger partial charge < -0.3 is 9.15 Å². The van der Waals surface area contributed by atoms with Crippen molar-refractivity contribution in [1.29, 1.82) is 0 Å². The summed E-state index contributed by atoms with van der Waals surface area (Å²) in [5, 5.41) is 1.11. The van der Waals surface area contributed by atoms with Gasteiger partial charge in [0.1, 0.15) is 12.3 Å². The number of hydrogen-bond donors (Lipinski definition) is 1. The topological polar surface area (TPSA) is 43.9 Å². The van der Waals surface area contributed by atoms with E-state index >= 15 is 0 Å². The standard InChI is InChI=1S/C18H21NO3/c1-11(2)19-9-15-16(21-10-19)8-7-13-12-5-3-4-6-14(12)18(20)22-17(13)15/h7-8,11H,3-6,9-10H2,1-2H3/p+1. The number of quaternary nitrogens is 1. The molecule has 0 fully saturated rings. The third-order valence-electron chi connectivity index (χ3n) is 5.09. The van der Waals surface area contributed by atoms with Gasteiger partial charge in [0.2, 0.25) is 6.73 Å². The second kappa shape index (κ2) is 5.13. The van der Waals surface area contributed by atoms with Crippen LogP contribution in [0.15, 0.2) is 21.3 Å². The number of nitrogens with one attached hydrogen (secondary N) is 1. The Morgan fingerprint density at radius 3 is 2.64 bits per heavy atom. The molecule has 1 aliphatic heterocycles. The van der Waals surface area contributed by atoms with Crippen molar-refractivity contribution in [3.05, 3.63) is 39.2 Å². The van der Waals surface area contributed by atoms with E-state index in [0.717, 1.165) is 60.1 Å². The minimum atomic E-state index is -0.146. The molecule has 1 aliphatic carbocycles. The highest BCUT2D eigenvalue weighted by Crippen LogP contribution is 2.33. The summed E-state index contributed by atoms with van der Waals surface area (Å²) in [4.78, 5) is 13.7. The average Bonchev–Trinajstić information content (AvgIpc) is 2.54. The molecule has 1 aromatic carbocycles. The van der Waals surface area contributed by atoms with Gasteiger partial charge in [0.25, 0.3) is 0 Å². The summed E-state index contributed by atoms with van der Waals surface area (Å²) in [6.07, 6.45) is 4.08. The fraction of sp³-hybridized carbons (Fsp3) is 0.500. The highest BCUT2D eigenvalue weighted by Gasteiger charge is 2.28. The second-order valence-corrected chi connectivity index (χ2v) is 6.75. The van der Waals surface area contributed by atoms with Crippen LogP contribution in [-0.2, 0) is 19.4 Å². The maximum absolute atomic E-state index is 12.4. The van der Waals surface area contributed by atoms with Gasteiger partial charge in [0.15, 0.2) is 5.58 Å². The highest BCUT2D eigenvalue weighted by atomic mass is 16.5. The zero-order chi connectivity index (χ0) is 15.3. The zero-order valence-corrected chi connectivity index (χ0v) is 13.2. The lowest BCUT2D eigenvalue weighted by atomic mass is 9.90. The summed E-state index contributed by atoms with van der Waals surface area (Å²) >= 11 is 0. The molecule has 0 radical (unpaired) electrons. The molecule has 0 saturated carbocycles. The summed E-state index contributed by atoms with van der Waals surface area (Å²) < 4.78 is 11.6. The van der Waals surface area contributed by atoms with E-state index in [1.807, 2.05) is 6.07 Å². The molecule has 0 amide bonds. The monoisotopic (exact) mass is 300 g/mol. The molecular formula is C18H22NO3+. The summed E-state index contributed by atoms with van der Waals surface area (Å²) in [7, 11) is 0. The van der Waals surface area contributed by atoms with Gasteiger partial charge in [0.05, 0.1) is 11.6 Å². The van der Waals surface area contributed by atoms with Gasteiger partial charge in [-0.3, -0.25) is 4.90 Å². The number of fused-ring (bicyclic) bond motifs is 5. The Kier molecular flexibility index (Phi) is 3.22. The molecule has 4 rings (SSSR count). The van der Waals surface area contributed by atoms with Gasteiger partial charge >= 0.3 is 5.63 Å². The Bertz CT molecular complexity index is 791. The molecule has 4 nitrogen and oxygen atoms in total. The molecule has 0 spiro atoms. The lowest BCUT2D eigenvalue weighted by Crippen LogP contribution is -3.15. The van der Waals surface area contributed by atoms with Crippen LogP contribution in [0.2, 0.25) is 0 Å². The molecule has 1 atom stereocenters. The fourth-order valence-corrected chi connectivity index (χ4v) is 3.67. The van der Waals surface area contributed by atoms with Crippen molar-refractivity contribution in [3.8, 4) is 5.75 Å². The first-order valence-electron chi connectivity index (χ1n) is 8.23. The van der Waals surface area contributed by atoms with E-state index in [9.17, 15) is 4.79 Å². The minimum absolute atomic E-state index is 0.146. The maximum atomic E-state index is 12.4. The SMILES string of the molecule is CC(C)[NH+]1COc2ccc3c4c(c(=O)oc3c2C1)CCCC4. The molecule has 1 aromatic heterocycles. The number of hydrogen-bond acceptors (Lipinski definition) is 3. The fourth-order valence-electron chi connectivity index (χ4n) is 3.67. The number of benzene rings is 1. The Hall–Kier alpha value is -1.81. The predicted molar refractivity (Wildman–Crippen MR) is 84.4 cm³/mol. The van der Waals surface area contributed by atoms with E-state index < -0.39 is 0 Å². The van der Waals surface area contributed by atoms with Gasteiger partial charge in [0, 0.05) is 10.9 Å². The third kappa shape index (κ3) is 2.05. The van der Waals surface area contributed by atoms with E-state index in [0.29, 0.717) is 12.8 Å². The first-order valence-corrected chi connectivity index (χ1v) is 8.23. The van der Waals surface area contributed by atoms with Crippen LogP contribution in [0, 0.1) is 0 Å². The Morgan fingerprint density at radius 1 is 1.09 bits per heavy atom. The van der Waals surface area contributed by atoms with Crippen molar-refractivity contribution in [2.45, 2.75) is 52.1 Å². The largest absolute Gasteiger partial charge is 0.445 e. The van der Waals surface area contributed by atoms with E-state index in [-0.39, 0.29) is 5.63 Å². The van der Waals surface area contributed by atoms with Crippen LogP contribution in [0.4, 0.5) is 0 Å². The van der Waals surface area contributed by atoms with Gasteiger partial charge in [-0.15, -0.1) is 0 Å². The third-order valence-corrected chi connectivity index (χ3v) is 5.09. The van der Waals surface area contributed by atoms with E-state index in [1.165, 1.54) is 10.5 Å². The highest BCUT2D eigenvalue weighted by molar-refractivity contribution is 5.86. The van der Waals surface area contributed by atoms with Crippen LogP contribution in [0.3, 0.4) is 0 Å². The van der Waals surface area contributed by atoms with Gasteiger partial charge in [-0.25, -0.2) is 4.79 Å². The smallest absolute Gasteiger partial charge is 0.339 e. The van der Waals surface area contributed by atoms with E-state index in [4.69, 9.17) is 9.15 Å². The zero-order valence-electron chi connectivity index (χ0n) is 13.2. The maximum Gasteiger partial charge on any atom is 0.339 e. The van der Waals surface area contributed by atoms with Crippen molar-refractivity contribution in [1.82, 2.24) is 0 Å². The van der Waals surface area contributed by atoms with Crippen molar-refractivity contribution >= 4 is 11.0 Å². The van der Waals surface area contributed by atoms with Crippen LogP contribution in [0.1, 0.15) is 43.4 Å². The molecule has 2 aromatic rings. The lowest BCUT2D eigenvalue weighted by Gasteiger charge is -2.29. The summed E-state index contributed by atoms with van der Waals surface area (Å²) in [6.45, 7) is 5.90. The molecule has 0 bridgehead atoms. The molecule has 4 heteroatoms. The molecule has 2 aliphatic rings. The molecular weight excluding hydrogens is 278 g/mol. The molecule has 1 unspecified atom stereocenters. The van der Waals surface area contributed by atoms with Crippen LogP contribution >= 0.6 is 0 Å². The number of aryl methyl sites for hydroxylation is 1. The normalized spacial score (nSPS) is 20.6. The van der Waals surface area contributed by atoms with E-state index in [2.05, 4.69) is 19.9 Å². The van der Waals surface area contributed by atoms with Crippen LogP contribution in [0.25, 0.3) is 11.0 Å². The summed E-state index contributed by atoms with van der Waals surface area (Å²) in [6, 6.07) is 4.60. The number of ether oxygens (including phenoxy) is 1. The molecule has 2 heterocycles. The van der Waals surface area contributed by atoms with Crippen molar-refractivity contribution in [2.24, 2.45) is 0 Å². The minimum Gasteiger partial charge on any atom is -0.445 e. The molecule has 22 heavy (non-hydrogen) atoms. The van der Waals surface area contributed by atoms with Crippen LogP contribution in [-0.4, -0.2) is 12.8 Å². The van der Waals surface area contributed by atoms with Crippen LogP contribution in [0.5, 0.6) is 5.75 Å². The number of rotatable bonds is 1. The van der Waals surface area contributed by atoms with Crippen LogP contribution < -0.4 is 15.3 Å². The Balaban J connectivity index is 1.95. The second-order valence-electron chi connectivity index (χ2n) is 6.75. The first-order chi connectivity index (χ1) is 10.6. The first kappa shape index (κ1) is 13.8. The predicted octanol–water partition coefficient (Wildman–Crippen LogP) is 1.82. The molecule has 0 saturated heterocycles. The molecule has 1 N–H and O–H groups in total. The average molecular weight is 300 g/mol. The van der Waals surface area contributed by atoms with Gasteiger partial charge in [-0.1, -0.05) is 0 Å². The molecule has 116 valence electrons. The van der Waals surface area contributed by atoms with Crippen molar-refractivity contribution in [3.63, 3.8) is 0 Å². The summed E-state index contributed by atoms with van der Waals surface area (Å²) in [5.41, 5.74) is 3.76. The van der Waals surface area contributed by atoms with Gasteiger partial charge in [-0.2, -0.15) is 0 Å². The van der Waals surface area contributed by atoms with Crippen molar-refractivity contribution < 1.29 is 14.1 Å². The van der Waals surface area contributed by atoms with E-state index in [1.54, 1.807) is 0 Å². The Morgan fingerprint density at radius 2 is 1.86 bits per heavy atom. The van der Waals surface area contributed by atoms with Crippen molar-refractivity contribution in [2.75, 3.05) is 6.73 Å².